The molecule has 0 aromatic heterocycles. The van der Waals surface area contributed by atoms with Crippen molar-refractivity contribution >= 4 is 11.9 Å². The SMILES string of the molecule is CCO[C@H](Cc1ccc(CC[C@@H](C(=O)NCc2ccccc2)c2ccccc2)cc1)C(=O)O. The molecule has 0 aliphatic carbocycles. The molecule has 0 radical (unpaired) electrons. The topological polar surface area (TPSA) is 75.6 Å². The third-order valence-electron chi connectivity index (χ3n) is 5.64. The Hall–Kier alpha value is -3.44. The van der Waals surface area contributed by atoms with Gasteiger partial charge in [-0.15, -0.1) is 0 Å². The van der Waals surface area contributed by atoms with Crippen LogP contribution >= 0.6 is 0 Å². The number of carboxylic acid groups (broad SMARTS) is 1. The monoisotopic (exact) mass is 445 g/mol. The Morgan fingerprint density at radius 1 is 0.848 bits per heavy atom. The normalized spacial score (nSPS) is 12.6. The summed E-state index contributed by atoms with van der Waals surface area (Å²) in [5.74, 6) is -1.18. The summed E-state index contributed by atoms with van der Waals surface area (Å²) in [7, 11) is 0. The van der Waals surface area contributed by atoms with E-state index in [0.717, 1.165) is 28.7 Å². The van der Waals surface area contributed by atoms with Crippen molar-refractivity contribution in [3.05, 3.63) is 107 Å². The standard InChI is InChI=1S/C28H31NO4/c1-2-33-26(28(31)32)19-22-15-13-21(14-16-22)17-18-25(24-11-7-4-8-12-24)27(30)29-20-23-9-5-3-6-10-23/h3-16,25-26H,2,17-20H2,1H3,(H,29,30)(H,31,32)/t25-,26-/m1/s1. The third kappa shape index (κ3) is 7.58. The highest BCUT2D eigenvalue weighted by atomic mass is 16.5. The Kier molecular flexibility index (Phi) is 9.21. The van der Waals surface area contributed by atoms with Crippen molar-refractivity contribution in [2.75, 3.05) is 6.61 Å². The maximum atomic E-state index is 13.1. The molecule has 5 nitrogen and oxygen atoms in total. The zero-order valence-corrected chi connectivity index (χ0v) is 18.9. The van der Waals surface area contributed by atoms with Crippen LogP contribution in [0.4, 0.5) is 0 Å². The summed E-state index contributed by atoms with van der Waals surface area (Å²) in [6.45, 7) is 2.66. The van der Waals surface area contributed by atoms with Gasteiger partial charge >= 0.3 is 5.97 Å². The van der Waals surface area contributed by atoms with Crippen LogP contribution in [0.15, 0.2) is 84.9 Å². The van der Waals surface area contributed by atoms with Crippen molar-refractivity contribution in [3.8, 4) is 0 Å². The molecule has 0 saturated carbocycles. The second kappa shape index (κ2) is 12.6. The molecule has 5 heteroatoms. The number of rotatable bonds is 12. The number of carboxylic acids is 1. The molecule has 3 aromatic rings. The van der Waals surface area contributed by atoms with Gasteiger partial charge in [0.15, 0.2) is 6.10 Å². The van der Waals surface area contributed by atoms with Crippen LogP contribution in [0.5, 0.6) is 0 Å². The Bertz CT molecular complexity index is 1000. The van der Waals surface area contributed by atoms with E-state index in [1.807, 2.05) is 84.9 Å². The second-order valence-electron chi connectivity index (χ2n) is 8.01. The van der Waals surface area contributed by atoms with Crippen LogP contribution in [0.25, 0.3) is 0 Å². The molecule has 0 bridgehead atoms. The summed E-state index contributed by atoms with van der Waals surface area (Å²) in [6.07, 6.45) is 0.919. The number of benzene rings is 3. The molecular weight excluding hydrogens is 414 g/mol. The lowest BCUT2D eigenvalue weighted by Crippen LogP contribution is -2.29. The molecule has 0 spiro atoms. The quantitative estimate of drug-likeness (QED) is 0.422. The molecule has 0 saturated heterocycles. The van der Waals surface area contributed by atoms with Crippen molar-refractivity contribution in [2.24, 2.45) is 0 Å². The van der Waals surface area contributed by atoms with Crippen molar-refractivity contribution < 1.29 is 19.4 Å². The first-order valence-electron chi connectivity index (χ1n) is 11.4. The summed E-state index contributed by atoms with van der Waals surface area (Å²) in [6, 6.07) is 27.6. The highest BCUT2D eigenvalue weighted by molar-refractivity contribution is 5.83. The Morgan fingerprint density at radius 2 is 1.45 bits per heavy atom. The van der Waals surface area contributed by atoms with Gasteiger partial charge in [-0.25, -0.2) is 4.79 Å². The molecule has 3 aromatic carbocycles. The van der Waals surface area contributed by atoms with Gasteiger partial charge in [-0.2, -0.15) is 0 Å². The maximum absolute atomic E-state index is 13.1. The van der Waals surface area contributed by atoms with E-state index in [-0.39, 0.29) is 11.8 Å². The highest BCUT2D eigenvalue weighted by Crippen LogP contribution is 2.23. The second-order valence-corrected chi connectivity index (χ2v) is 8.01. The van der Waals surface area contributed by atoms with E-state index in [0.29, 0.717) is 26.0 Å². The molecular formula is C28H31NO4. The van der Waals surface area contributed by atoms with Gasteiger partial charge in [0.05, 0.1) is 5.92 Å². The van der Waals surface area contributed by atoms with E-state index >= 15 is 0 Å². The summed E-state index contributed by atoms with van der Waals surface area (Å²) >= 11 is 0. The molecule has 172 valence electrons. The average molecular weight is 446 g/mol. The van der Waals surface area contributed by atoms with E-state index < -0.39 is 12.1 Å². The lowest BCUT2D eigenvalue weighted by atomic mass is 9.91. The van der Waals surface area contributed by atoms with Gasteiger partial charge in [0.1, 0.15) is 0 Å². The fraction of sp³-hybridized carbons (Fsp3) is 0.286. The number of hydrogen-bond donors (Lipinski definition) is 2. The van der Waals surface area contributed by atoms with Gasteiger partial charge in [-0.3, -0.25) is 4.79 Å². The summed E-state index contributed by atoms with van der Waals surface area (Å²) in [5.41, 5.74) is 4.10. The number of hydrogen-bond acceptors (Lipinski definition) is 3. The Balaban J connectivity index is 1.63. The number of aryl methyl sites for hydroxylation is 1. The van der Waals surface area contributed by atoms with Crippen LogP contribution in [0.3, 0.4) is 0 Å². The number of nitrogens with one attached hydrogen (secondary N) is 1. The molecule has 2 N–H and O–H groups in total. The van der Waals surface area contributed by atoms with Gasteiger partial charge < -0.3 is 15.2 Å². The molecule has 2 atom stereocenters. The van der Waals surface area contributed by atoms with Crippen LogP contribution in [-0.2, 0) is 33.7 Å². The molecule has 0 fully saturated rings. The smallest absolute Gasteiger partial charge is 0.333 e. The molecule has 0 unspecified atom stereocenters. The predicted molar refractivity (Wildman–Crippen MR) is 129 cm³/mol. The van der Waals surface area contributed by atoms with Crippen molar-refractivity contribution in [1.29, 1.82) is 0 Å². The first-order chi connectivity index (χ1) is 16.1. The lowest BCUT2D eigenvalue weighted by molar-refractivity contribution is -0.149. The van der Waals surface area contributed by atoms with Gasteiger partial charge in [0.25, 0.3) is 0 Å². The minimum atomic E-state index is -0.951. The fourth-order valence-corrected chi connectivity index (χ4v) is 3.83. The van der Waals surface area contributed by atoms with Gasteiger partial charge in [-0.1, -0.05) is 84.9 Å². The van der Waals surface area contributed by atoms with E-state index in [9.17, 15) is 14.7 Å². The first-order valence-corrected chi connectivity index (χ1v) is 11.4. The largest absolute Gasteiger partial charge is 0.479 e. The first kappa shape index (κ1) is 24.2. The molecule has 33 heavy (non-hydrogen) atoms. The summed E-state index contributed by atoms with van der Waals surface area (Å²) in [5, 5.41) is 12.4. The van der Waals surface area contributed by atoms with Gasteiger partial charge in [-0.05, 0) is 42.0 Å². The predicted octanol–water partition coefficient (Wildman–Crippen LogP) is 4.75. The summed E-state index contributed by atoms with van der Waals surface area (Å²) < 4.78 is 5.30. The van der Waals surface area contributed by atoms with Crippen molar-refractivity contribution in [2.45, 2.75) is 44.8 Å². The molecule has 0 aliphatic rings. The Morgan fingerprint density at radius 3 is 2.06 bits per heavy atom. The molecule has 0 heterocycles. The van der Waals surface area contributed by atoms with Crippen LogP contribution < -0.4 is 5.32 Å². The minimum Gasteiger partial charge on any atom is -0.479 e. The zero-order valence-electron chi connectivity index (χ0n) is 18.9. The number of carbonyl (C=O) groups is 2. The number of ether oxygens (including phenoxy) is 1. The number of aliphatic carboxylic acids is 1. The highest BCUT2D eigenvalue weighted by Gasteiger charge is 2.21. The number of carbonyl (C=O) groups excluding carboxylic acids is 1. The van der Waals surface area contributed by atoms with E-state index in [4.69, 9.17) is 4.74 Å². The molecule has 0 aliphatic heterocycles. The van der Waals surface area contributed by atoms with Crippen molar-refractivity contribution in [3.63, 3.8) is 0 Å². The summed E-state index contributed by atoms with van der Waals surface area (Å²) in [4.78, 5) is 24.4. The fourth-order valence-electron chi connectivity index (χ4n) is 3.83. The Labute approximate surface area is 195 Å². The van der Waals surface area contributed by atoms with E-state index in [1.54, 1.807) is 6.92 Å². The zero-order chi connectivity index (χ0) is 23.5. The lowest BCUT2D eigenvalue weighted by Gasteiger charge is -2.18. The van der Waals surface area contributed by atoms with E-state index in [2.05, 4.69) is 5.32 Å². The van der Waals surface area contributed by atoms with Gasteiger partial charge in [0.2, 0.25) is 5.91 Å². The minimum absolute atomic E-state index is 0.0164. The molecule has 1 amide bonds. The average Bonchev–Trinajstić information content (AvgIpc) is 2.85. The van der Waals surface area contributed by atoms with Crippen LogP contribution in [0.2, 0.25) is 0 Å². The maximum Gasteiger partial charge on any atom is 0.333 e. The molecule has 3 rings (SSSR count). The van der Waals surface area contributed by atoms with Crippen molar-refractivity contribution in [1.82, 2.24) is 5.32 Å². The number of amides is 1. The van der Waals surface area contributed by atoms with Crippen LogP contribution in [0.1, 0.15) is 41.5 Å². The van der Waals surface area contributed by atoms with Crippen LogP contribution in [-0.4, -0.2) is 29.7 Å². The third-order valence-corrected chi connectivity index (χ3v) is 5.64. The van der Waals surface area contributed by atoms with Gasteiger partial charge in [0, 0.05) is 19.6 Å². The van der Waals surface area contributed by atoms with Crippen LogP contribution in [0, 0.1) is 0 Å². The van der Waals surface area contributed by atoms with E-state index in [1.165, 1.54) is 0 Å².